The highest BCUT2D eigenvalue weighted by Gasteiger charge is 2.39. The Kier molecular flexibility index (Phi) is 12.2. The predicted octanol–water partition coefficient (Wildman–Crippen LogP) is 4.88. The second kappa shape index (κ2) is 16.8. The minimum absolute atomic E-state index is 0.106. The number of carbonyl (C=O) groups excluding carboxylic acids is 4. The molecule has 17 nitrogen and oxygen atoms in total. The summed E-state index contributed by atoms with van der Waals surface area (Å²) in [5.74, 6) is 2.68. The van der Waals surface area contributed by atoms with Crippen molar-refractivity contribution in [2.45, 2.75) is 97.8 Å². The van der Waals surface area contributed by atoms with Crippen LogP contribution in [0.5, 0.6) is 23.0 Å². The number of amides is 3. The van der Waals surface area contributed by atoms with E-state index in [1.54, 1.807) is 46.7 Å². The van der Waals surface area contributed by atoms with Crippen LogP contribution in [0.25, 0.3) is 0 Å². The molecule has 0 bridgehead atoms. The largest absolute Gasteiger partial charge is 0.487 e. The smallest absolute Gasteiger partial charge is 0.410 e. The summed E-state index contributed by atoms with van der Waals surface area (Å²) in [5, 5.41) is 4.08. The number of thiocarbonyl (C=S) groups is 1. The lowest BCUT2D eigenvalue weighted by Gasteiger charge is -2.40. The first-order valence-corrected chi connectivity index (χ1v) is 19.7. The number of benzene rings is 2. The minimum Gasteiger partial charge on any atom is -0.487 e. The van der Waals surface area contributed by atoms with Crippen molar-refractivity contribution in [1.29, 1.82) is 0 Å². The van der Waals surface area contributed by atoms with Crippen LogP contribution in [0.4, 0.5) is 21.0 Å². The standard InChI is InChI=1S/C21H28N2O6S.C19H24N4O5/c1-6-26-19(24)13(2)23-16-9-14(7-8-17(16)27-12-18(23)30)28-15-10-22(11-15)20(25)29-21(3,4)5;1-11-17(24)21-20-16-10-26-15-6-5-12(7-14(15)23(11)16)27-13-8-22(9-13)18(25)28-19(2,3)4/h7-9,13,15H,6,10-12H2,1-5H3;5-7,11,13H,8-10H2,1-4H3,(H,21,24). The normalized spacial score (nSPS) is 19.4. The molecule has 7 rings (SSSR count). The molecule has 1 N–H and O–H groups in total. The number of anilines is 2. The minimum atomic E-state index is -0.582. The van der Waals surface area contributed by atoms with E-state index in [0.717, 1.165) is 5.69 Å². The number of ether oxygens (including phenoxy) is 7. The molecule has 18 heteroatoms. The fourth-order valence-electron chi connectivity index (χ4n) is 6.46. The molecule has 0 aliphatic carbocycles. The topological polar surface area (TPSA) is 170 Å². The summed E-state index contributed by atoms with van der Waals surface area (Å²) in [5.41, 5.74) is 2.86. The van der Waals surface area contributed by atoms with Crippen LogP contribution >= 0.6 is 12.2 Å². The Labute approximate surface area is 343 Å². The molecule has 2 saturated heterocycles. The summed E-state index contributed by atoms with van der Waals surface area (Å²) in [7, 11) is 0. The lowest BCUT2D eigenvalue weighted by atomic mass is 10.1. The maximum Gasteiger partial charge on any atom is 0.410 e. The van der Waals surface area contributed by atoms with E-state index in [0.29, 0.717) is 78.9 Å². The van der Waals surface area contributed by atoms with E-state index in [1.807, 2.05) is 71.6 Å². The number of hydrogen-bond acceptors (Lipinski definition) is 14. The van der Waals surface area contributed by atoms with Crippen LogP contribution in [0.15, 0.2) is 41.5 Å². The van der Waals surface area contributed by atoms with Gasteiger partial charge in [-0.25, -0.2) is 19.8 Å². The Balaban J connectivity index is 0.000000196. The third-order valence-electron chi connectivity index (χ3n) is 9.32. The molecule has 5 aliphatic heterocycles. The van der Waals surface area contributed by atoms with E-state index in [2.05, 4.69) is 10.5 Å². The molecule has 2 aromatic rings. The average molecular weight is 825 g/mol. The van der Waals surface area contributed by atoms with Crippen LogP contribution < -0.4 is 34.2 Å². The number of hydrogen-bond donors (Lipinski definition) is 1. The summed E-state index contributed by atoms with van der Waals surface area (Å²) < 4.78 is 39.3. The van der Waals surface area contributed by atoms with Crippen LogP contribution in [0.3, 0.4) is 0 Å². The highest BCUT2D eigenvalue weighted by Crippen LogP contribution is 2.39. The molecule has 0 radical (unpaired) electrons. The summed E-state index contributed by atoms with van der Waals surface area (Å²) in [6, 6.07) is 9.91. The van der Waals surface area contributed by atoms with Crippen LogP contribution in [0.2, 0.25) is 0 Å². The maximum absolute atomic E-state index is 12.3. The van der Waals surface area contributed by atoms with E-state index < -0.39 is 23.3 Å². The second-order valence-electron chi connectivity index (χ2n) is 16.3. The number of carbonyl (C=O) groups is 4. The lowest BCUT2D eigenvalue weighted by molar-refractivity contribution is -0.144. The zero-order valence-corrected chi connectivity index (χ0v) is 35.2. The number of esters is 1. The van der Waals surface area contributed by atoms with Gasteiger partial charge in [-0.2, -0.15) is 5.10 Å². The Morgan fingerprint density at radius 3 is 1.86 bits per heavy atom. The van der Waals surface area contributed by atoms with Gasteiger partial charge in [-0.3, -0.25) is 4.79 Å². The van der Waals surface area contributed by atoms with Crippen LogP contribution in [-0.2, 0) is 23.8 Å². The molecule has 5 aliphatic rings. The molecule has 2 unspecified atom stereocenters. The first-order valence-electron chi connectivity index (χ1n) is 19.3. The first-order chi connectivity index (χ1) is 27.3. The molecule has 314 valence electrons. The number of hydrazone groups is 1. The molecule has 2 aromatic carbocycles. The zero-order valence-electron chi connectivity index (χ0n) is 34.4. The van der Waals surface area contributed by atoms with Gasteiger partial charge in [0.05, 0.1) is 44.2 Å². The van der Waals surface area contributed by atoms with Gasteiger partial charge in [0.1, 0.15) is 76.7 Å². The first kappa shape index (κ1) is 42.1. The van der Waals surface area contributed by atoms with E-state index in [-0.39, 0.29) is 42.9 Å². The van der Waals surface area contributed by atoms with Crippen molar-refractivity contribution in [2.24, 2.45) is 5.10 Å². The van der Waals surface area contributed by atoms with Crippen molar-refractivity contribution in [2.75, 3.05) is 55.8 Å². The summed E-state index contributed by atoms with van der Waals surface area (Å²) >= 11 is 5.43. The van der Waals surface area contributed by atoms with Crippen molar-refractivity contribution in [3.8, 4) is 23.0 Å². The molecular formula is C40H52N6O11S. The van der Waals surface area contributed by atoms with Gasteiger partial charge in [-0.05, 0) is 86.6 Å². The number of nitrogens with one attached hydrogen (secondary N) is 1. The van der Waals surface area contributed by atoms with Crippen LogP contribution in [-0.4, -0.2) is 126 Å². The molecule has 2 fully saturated rings. The molecule has 58 heavy (non-hydrogen) atoms. The molecular weight excluding hydrogens is 773 g/mol. The van der Waals surface area contributed by atoms with Crippen molar-refractivity contribution in [3.05, 3.63) is 36.4 Å². The van der Waals surface area contributed by atoms with Crippen molar-refractivity contribution >= 4 is 58.5 Å². The molecule has 0 aromatic heterocycles. The summed E-state index contributed by atoms with van der Waals surface area (Å²) in [4.78, 5) is 55.7. The molecule has 0 spiro atoms. The van der Waals surface area contributed by atoms with E-state index >= 15 is 0 Å². The Morgan fingerprint density at radius 1 is 0.845 bits per heavy atom. The summed E-state index contributed by atoms with van der Waals surface area (Å²) in [6.07, 6.45) is -0.922. The van der Waals surface area contributed by atoms with Gasteiger partial charge >= 0.3 is 18.2 Å². The second-order valence-corrected chi connectivity index (χ2v) is 16.8. The maximum atomic E-state index is 12.3. The quantitative estimate of drug-likeness (QED) is 0.228. The monoisotopic (exact) mass is 824 g/mol. The van der Waals surface area contributed by atoms with Gasteiger partial charge in [0.15, 0.2) is 5.84 Å². The summed E-state index contributed by atoms with van der Waals surface area (Å²) in [6.45, 7) is 19.0. The van der Waals surface area contributed by atoms with Gasteiger partial charge in [0.2, 0.25) is 0 Å². The Morgan fingerprint density at radius 2 is 1.34 bits per heavy atom. The number of likely N-dealkylation sites (tertiary alicyclic amines) is 2. The number of fused-ring (bicyclic) bond motifs is 4. The lowest BCUT2D eigenvalue weighted by Crippen LogP contribution is -2.57. The van der Waals surface area contributed by atoms with E-state index in [4.69, 9.17) is 45.4 Å². The fourth-order valence-corrected chi connectivity index (χ4v) is 6.77. The number of amidine groups is 1. The number of rotatable bonds is 7. The highest BCUT2D eigenvalue weighted by atomic mass is 32.1. The van der Waals surface area contributed by atoms with Crippen molar-refractivity contribution in [3.63, 3.8) is 0 Å². The van der Waals surface area contributed by atoms with Crippen LogP contribution in [0.1, 0.15) is 62.3 Å². The third kappa shape index (κ3) is 9.77. The zero-order chi connectivity index (χ0) is 42.1. The molecule has 3 amide bonds. The Bertz CT molecular complexity index is 1950. The van der Waals surface area contributed by atoms with Crippen molar-refractivity contribution in [1.82, 2.24) is 15.2 Å². The molecule has 5 heterocycles. The third-order valence-corrected chi connectivity index (χ3v) is 9.63. The number of nitrogens with zero attached hydrogens (tertiary/aromatic N) is 5. The van der Waals surface area contributed by atoms with E-state index in [9.17, 15) is 19.2 Å². The highest BCUT2D eigenvalue weighted by molar-refractivity contribution is 7.80. The van der Waals surface area contributed by atoms with E-state index in [1.165, 1.54) is 0 Å². The van der Waals surface area contributed by atoms with Crippen LogP contribution in [0, 0.1) is 0 Å². The van der Waals surface area contributed by atoms with Gasteiger partial charge in [-0.1, -0.05) is 12.2 Å². The fraction of sp³-hybridized carbons (Fsp3) is 0.550. The SMILES string of the molecule is CC1C(=O)NN=C2COc3ccc(OC4CN(C(=O)OC(C)(C)C)C4)cc3N21.CCOC(=O)C(C)N1C(=S)COc2ccc(OC3CN(C(=O)OC(C)(C)C)C3)cc21. The average Bonchev–Trinajstić information content (AvgIpc) is 3.10. The predicted molar refractivity (Wildman–Crippen MR) is 217 cm³/mol. The molecule has 2 atom stereocenters. The van der Waals surface area contributed by atoms with Gasteiger partial charge < -0.3 is 52.8 Å². The van der Waals surface area contributed by atoms with Gasteiger partial charge in [-0.15, -0.1) is 0 Å². The van der Waals surface area contributed by atoms with Gasteiger partial charge in [0, 0.05) is 12.1 Å². The van der Waals surface area contributed by atoms with Crippen molar-refractivity contribution < 1.29 is 52.3 Å². The Hall–Kier alpha value is -5.52. The van der Waals surface area contributed by atoms with Gasteiger partial charge in [0.25, 0.3) is 5.91 Å². The molecule has 0 saturated carbocycles.